The molecule has 2 aliphatic rings. The Morgan fingerprint density at radius 3 is 2.66 bits per heavy atom. The van der Waals surface area contributed by atoms with E-state index in [1.165, 1.54) is 6.20 Å². The molecule has 0 spiro atoms. The minimum atomic E-state index is -0.890. The van der Waals surface area contributed by atoms with Crippen molar-refractivity contribution in [3.05, 3.63) is 17.2 Å². The third kappa shape index (κ3) is 6.03. The minimum Gasteiger partial charge on any atom is -0.463 e. The molecule has 9 nitrogen and oxygen atoms in total. The summed E-state index contributed by atoms with van der Waals surface area (Å²) in [6, 6.07) is 0.0186. The molecular weight excluding hydrogens is 477 g/mol. The predicted molar refractivity (Wildman–Crippen MR) is 130 cm³/mol. The fourth-order valence-electron chi connectivity index (χ4n) is 4.36. The molecule has 1 aliphatic heterocycles. The highest BCUT2D eigenvalue weighted by Gasteiger charge is 2.46. The highest BCUT2D eigenvalue weighted by Crippen LogP contribution is 2.46. The lowest BCUT2D eigenvalue weighted by atomic mass is 9.95. The predicted octanol–water partition coefficient (Wildman–Crippen LogP) is 4.19. The summed E-state index contributed by atoms with van der Waals surface area (Å²) in [5, 5.41) is 10.7. The van der Waals surface area contributed by atoms with E-state index in [0.29, 0.717) is 37.3 Å². The van der Waals surface area contributed by atoms with E-state index in [0.717, 1.165) is 19.3 Å². The number of hydrogen-bond acceptors (Lipinski definition) is 8. The van der Waals surface area contributed by atoms with Gasteiger partial charge in [-0.3, -0.25) is 0 Å². The first kappa shape index (κ1) is 25.6. The van der Waals surface area contributed by atoms with Gasteiger partial charge in [0.25, 0.3) is 0 Å². The Morgan fingerprint density at radius 1 is 1.31 bits per heavy atom. The molecule has 35 heavy (non-hydrogen) atoms. The molecule has 2 fully saturated rings. The molecule has 2 aromatic rings. The quantitative estimate of drug-likeness (QED) is 0.578. The van der Waals surface area contributed by atoms with E-state index in [1.807, 2.05) is 25.7 Å². The number of fused-ring (bicyclic) bond motifs is 1. The number of halogens is 2. The monoisotopic (exact) mass is 509 g/mol. The summed E-state index contributed by atoms with van der Waals surface area (Å²) in [5.74, 6) is -0.295. The maximum absolute atomic E-state index is 14.9. The van der Waals surface area contributed by atoms with E-state index in [2.05, 4.69) is 15.0 Å². The number of hydrogen-bond donors (Lipinski definition) is 1. The zero-order chi connectivity index (χ0) is 25.6. The summed E-state index contributed by atoms with van der Waals surface area (Å²) in [7, 11) is 1.70. The Bertz CT molecular complexity index is 1120. The number of carbonyl (C=O) groups is 1. The van der Waals surface area contributed by atoms with Crippen LogP contribution in [0.25, 0.3) is 10.9 Å². The number of β-amino-alcohol motifs (C(OH)–C–C–N with tert-alkyl or cyclic N) is 1. The second-order valence-electron chi connectivity index (χ2n) is 11.1. The van der Waals surface area contributed by atoms with Crippen molar-refractivity contribution < 1.29 is 23.8 Å². The van der Waals surface area contributed by atoms with Gasteiger partial charge in [-0.15, -0.1) is 0 Å². The van der Waals surface area contributed by atoms with Gasteiger partial charge in [0.05, 0.1) is 17.6 Å². The molecule has 192 valence electrons. The van der Waals surface area contributed by atoms with Crippen molar-refractivity contribution in [1.82, 2.24) is 19.9 Å². The zero-order valence-electron chi connectivity index (χ0n) is 20.9. The van der Waals surface area contributed by atoms with Gasteiger partial charge in [-0.2, -0.15) is 9.97 Å². The lowest BCUT2D eigenvalue weighted by Gasteiger charge is -2.37. The SMILES string of the molecule is CN(CC1(COc2nc(N3CCC[C@@](C)(O)C3)c3cnc(Cl)c(F)c3n2)CC1)C(=O)OC(C)(C)C. The Balaban J connectivity index is 1.56. The van der Waals surface area contributed by atoms with Crippen molar-refractivity contribution >= 4 is 34.4 Å². The molecule has 1 amide bonds. The average Bonchev–Trinajstić information content (AvgIpc) is 3.52. The lowest BCUT2D eigenvalue weighted by molar-refractivity contribution is 0.0244. The first-order valence-electron chi connectivity index (χ1n) is 11.8. The highest BCUT2D eigenvalue weighted by atomic mass is 35.5. The van der Waals surface area contributed by atoms with Crippen LogP contribution in [0.15, 0.2) is 6.20 Å². The number of carbonyl (C=O) groups excluding carboxylic acids is 1. The van der Waals surface area contributed by atoms with Crippen molar-refractivity contribution in [2.75, 3.05) is 38.2 Å². The maximum Gasteiger partial charge on any atom is 0.410 e. The molecule has 2 aromatic heterocycles. The summed E-state index contributed by atoms with van der Waals surface area (Å²) in [4.78, 5) is 28.6. The van der Waals surface area contributed by atoms with E-state index in [4.69, 9.17) is 21.1 Å². The van der Waals surface area contributed by atoms with Gasteiger partial charge in [-0.05, 0) is 53.4 Å². The molecule has 1 aliphatic carbocycles. The van der Waals surface area contributed by atoms with Crippen LogP contribution in [0, 0.1) is 11.2 Å². The van der Waals surface area contributed by atoms with E-state index < -0.39 is 23.1 Å². The molecule has 3 heterocycles. The standard InChI is InChI=1S/C24H33ClFN5O4/c1-22(2,3)35-21(32)30(5)13-24(8-9-24)14-34-20-28-17-15(11-27-18(25)16(17)26)19(29-20)31-10-6-7-23(4,33)12-31/h11,33H,6-10,12-14H2,1-5H3/t23-/m1/s1. The van der Waals surface area contributed by atoms with Crippen LogP contribution in [0.1, 0.15) is 53.4 Å². The van der Waals surface area contributed by atoms with Gasteiger partial charge in [0.1, 0.15) is 16.9 Å². The van der Waals surface area contributed by atoms with Crippen LogP contribution in [-0.4, -0.2) is 75.5 Å². The smallest absolute Gasteiger partial charge is 0.410 e. The molecule has 0 radical (unpaired) electrons. The Kier molecular flexibility index (Phi) is 6.74. The van der Waals surface area contributed by atoms with Crippen LogP contribution in [0.2, 0.25) is 5.15 Å². The first-order valence-corrected chi connectivity index (χ1v) is 12.2. The number of aromatic nitrogens is 3. The average molecular weight is 510 g/mol. The van der Waals surface area contributed by atoms with Gasteiger partial charge in [0.2, 0.25) is 0 Å². The molecule has 11 heteroatoms. The molecule has 1 N–H and O–H groups in total. The van der Waals surface area contributed by atoms with Crippen molar-refractivity contribution in [1.29, 1.82) is 0 Å². The van der Waals surface area contributed by atoms with Crippen molar-refractivity contribution in [3.8, 4) is 6.01 Å². The number of nitrogens with zero attached hydrogens (tertiary/aromatic N) is 5. The van der Waals surface area contributed by atoms with E-state index in [9.17, 15) is 14.3 Å². The number of amides is 1. The second kappa shape index (κ2) is 9.20. The summed E-state index contributed by atoms with van der Waals surface area (Å²) < 4.78 is 26.3. The fourth-order valence-corrected chi connectivity index (χ4v) is 4.49. The van der Waals surface area contributed by atoms with Crippen LogP contribution in [0.4, 0.5) is 15.0 Å². The number of pyridine rings is 1. The highest BCUT2D eigenvalue weighted by molar-refractivity contribution is 6.30. The first-order chi connectivity index (χ1) is 16.3. The van der Waals surface area contributed by atoms with E-state index in [1.54, 1.807) is 18.9 Å². The van der Waals surface area contributed by atoms with Crippen LogP contribution < -0.4 is 9.64 Å². The molecule has 0 aromatic carbocycles. The zero-order valence-corrected chi connectivity index (χ0v) is 21.7. The second-order valence-corrected chi connectivity index (χ2v) is 11.5. The van der Waals surface area contributed by atoms with E-state index in [-0.39, 0.29) is 28.7 Å². The Labute approximate surface area is 209 Å². The van der Waals surface area contributed by atoms with Crippen molar-refractivity contribution in [2.24, 2.45) is 5.41 Å². The van der Waals surface area contributed by atoms with Gasteiger partial charge in [-0.25, -0.2) is 14.2 Å². The Hall–Kier alpha value is -2.46. The van der Waals surface area contributed by atoms with Gasteiger partial charge >= 0.3 is 12.1 Å². The van der Waals surface area contributed by atoms with Crippen molar-refractivity contribution in [3.63, 3.8) is 0 Å². The summed E-state index contributed by atoms with van der Waals surface area (Å²) >= 11 is 5.93. The minimum absolute atomic E-state index is 0.0186. The molecule has 0 unspecified atom stereocenters. The molecular formula is C24H33ClFN5O4. The lowest BCUT2D eigenvalue weighted by Crippen LogP contribution is -2.46. The molecule has 1 atom stereocenters. The van der Waals surface area contributed by atoms with Gasteiger partial charge < -0.3 is 24.4 Å². The van der Waals surface area contributed by atoms with E-state index >= 15 is 0 Å². The normalized spacial score (nSPS) is 21.7. The largest absolute Gasteiger partial charge is 0.463 e. The third-order valence-corrected chi connectivity index (χ3v) is 6.58. The molecule has 1 saturated carbocycles. The maximum atomic E-state index is 14.9. The number of rotatable bonds is 6. The Morgan fingerprint density at radius 2 is 2.03 bits per heavy atom. The van der Waals surface area contributed by atoms with Gasteiger partial charge in [0.15, 0.2) is 11.0 Å². The number of anilines is 1. The molecule has 0 bridgehead atoms. The summed E-state index contributed by atoms with van der Waals surface area (Å²) in [5.41, 5.74) is -1.69. The van der Waals surface area contributed by atoms with Gasteiger partial charge in [0, 0.05) is 38.3 Å². The van der Waals surface area contributed by atoms with Crippen LogP contribution in [0.3, 0.4) is 0 Å². The number of aliphatic hydroxyl groups is 1. The van der Waals surface area contributed by atoms with Crippen LogP contribution in [-0.2, 0) is 4.74 Å². The van der Waals surface area contributed by atoms with Crippen LogP contribution in [0.5, 0.6) is 6.01 Å². The van der Waals surface area contributed by atoms with Crippen LogP contribution >= 0.6 is 11.6 Å². The van der Waals surface area contributed by atoms with Gasteiger partial charge in [-0.1, -0.05) is 11.6 Å². The molecule has 4 rings (SSSR count). The number of ether oxygens (including phenoxy) is 2. The fraction of sp³-hybridized carbons (Fsp3) is 0.667. The molecule has 1 saturated heterocycles. The summed E-state index contributed by atoms with van der Waals surface area (Å²) in [6.07, 6.45) is 4.23. The topological polar surface area (TPSA) is 101 Å². The summed E-state index contributed by atoms with van der Waals surface area (Å²) in [6.45, 7) is 8.96. The number of piperidine rings is 1. The third-order valence-electron chi connectivity index (χ3n) is 6.32. The van der Waals surface area contributed by atoms with Crippen molar-refractivity contribution in [2.45, 2.75) is 64.6 Å².